The average molecular weight is 357 g/mol. The molecule has 0 aliphatic heterocycles. The average Bonchev–Trinajstić information content (AvgIpc) is 3.14. The maximum Gasteiger partial charge on any atom is 0.176 e. The summed E-state index contributed by atoms with van der Waals surface area (Å²) < 4.78 is 1.17. The Morgan fingerprint density at radius 2 is 2.00 bits per heavy atom. The van der Waals surface area contributed by atoms with E-state index >= 15 is 0 Å². The van der Waals surface area contributed by atoms with Crippen molar-refractivity contribution in [2.75, 3.05) is 19.6 Å². The first-order chi connectivity index (χ1) is 8.69. The van der Waals surface area contributed by atoms with Crippen LogP contribution in [0.2, 0.25) is 0 Å². The van der Waals surface area contributed by atoms with Crippen LogP contribution in [-0.4, -0.2) is 30.3 Å². The number of carbonyl (C=O) groups excluding carboxylic acids is 1. The molecule has 18 heavy (non-hydrogen) atoms. The van der Waals surface area contributed by atoms with Gasteiger partial charge in [-0.15, -0.1) is 0 Å². The third kappa shape index (κ3) is 4.35. The van der Waals surface area contributed by atoms with E-state index in [-0.39, 0.29) is 5.78 Å². The molecule has 1 fully saturated rings. The summed E-state index contributed by atoms with van der Waals surface area (Å²) in [7, 11) is 0. The van der Waals surface area contributed by atoms with Crippen molar-refractivity contribution in [3.63, 3.8) is 0 Å². The molecule has 1 aromatic carbocycles. The Labute approximate surface area is 123 Å². The molecule has 0 unspecified atom stereocenters. The summed E-state index contributed by atoms with van der Waals surface area (Å²) in [6, 6.07) is 7.87. The first-order valence-corrected chi connectivity index (χ1v) is 7.78. The lowest BCUT2D eigenvalue weighted by Gasteiger charge is -2.20. The Kier molecular flexibility index (Phi) is 5.18. The van der Waals surface area contributed by atoms with Crippen molar-refractivity contribution in [1.82, 2.24) is 4.90 Å². The molecule has 0 amide bonds. The molecular formula is C15H20INO. The van der Waals surface area contributed by atoms with E-state index < -0.39 is 0 Å². The number of halogens is 1. The molecule has 1 saturated carbocycles. The zero-order valence-electron chi connectivity index (χ0n) is 10.9. The van der Waals surface area contributed by atoms with Crippen molar-refractivity contribution >= 4 is 28.4 Å². The highest BCUT2D eigenvalue weighted by Crippen LogP contribution is 2.29. The molecule has 0 aromatic heterocycles. The van der Waals surface area contributed by atoms with Crippen LogP contribution in [0.4, 0.5) is 0 Å². The molecule has 1 aromatic rings. The van der Waals surface area contributed by atoms with Gasteiger partial charge in [0.25, 0.3) is 0 Å². The van der Waals surface area contributed by atoms with Gasteiger partial charge in [-0.1, -0.05) is 19.1 Å². The van der Waals surface area contributed by atoms with Gasteiger partial charge in [-0.2, -0.15) is 0 Å². The number of Topliss-reactive ketones (excluding diaryl/α,β-unsaturated/α-hetero) is 1. The monoisotopic (exact) mass is 357 g/mol. The molecule has 98 valence electrons. The molecule has 1 aliphatic rings. The van der Waals surface area contributed by atoms with Crippen LogP contribution in [0, 0.1) is 9.49 Å². The number of rotatable bonds is 7. The van der Waals surface area contributed by atoms with E-state index in [4.69, 9.17) is 0 Å². The van der Waals surface area contributed by atoms with Crippen LogP contribution >= 0.6 is 22.6 Å². The second kappa shape index (κ2) is 6.66. The normalized spacial score (nSPS) is 15.1. The van der Waals surface area contributed by atoms with E-state index in [1.165, 1.54) is 16.4 Å². The SMILES string of the molecule is CCCN(CC(=O)c1ccc(I)cc1)CC1CC1. The van der Waals surface area contributed by atoms with E-state index in [1.54, 1.807) is 0 Å². The van der Waals surface area contributed by atoms with Gasteiger partial charge in [0.05, 0.1) is 6.54 Å². The van der Waals surface area contributed by atoms with Crippen LogP contribution in [0.25, 0.3) is 0 Å². The Morgan fingerprint density at radius 3 is 2.56 bits per heavy atom. The Morgan fingerprint density at radius 1 is 1.33 bits per heavy atom. The fraction of sp³-hybridized carbons (Fsp3) is 0.533. The van der Waals surface area contributed by atoms with Gasteiger partial charge in [-0.05, 0) is 66.4 Å². The van der Waals surface area contributed by atoms with E-state index in [0.29, 0.717) is 6.54 Å². The van der Waals surface area contributed by atoms with Crippen molar-refractivity contribution in [2.24, 2.45) is 5.92 Å². The lowest BCUT2D eigenvalue weighted by molar-refractivity contribution is 0.0927. The third-order valence-corrected chi connectivity index (χ3v) is 4.01. The van der Waals surface area contributed by atoms with Crippen LogP contribution in [-0.2, 0) is 0 Å². The molecule has 0 atom stereocenters. The van der Waals surface area contributed by atoms with Gasteiger partial charge >= 0.3 is 0 Å². The number of hydrogen-bond acceptors (Lipinski definition) is 2. The van der Waals surface area contributed by atoms with E-state index in [1.807, 2.05) is 24.3 Å². The molecule has 0 N–H and O–H groups in total. The molecular weight excluding hydrogens is 337 g/mol. The molecule has 0 radical (unpaired) electrons. The molecule has 0 heterocycles. The number of carbonyl (C=O) groups is 1. The maximum absolute atomic E-state index is 12.2. The van der Waals surface area contributed by atoms with Gasteiger partial charge in [-0.25, -0.2) is 0 Å². The van der Waals surface area contributed by atoms with Gasteiger partial charge < -0.3 is 0 Å². The van der Waals surface area contributed by atoms with Gasteiger partial charge in [0, 0.05) is 15.7 Å². The molecule has 0 spiro atoms. The number of benzene rings is 1. The van der Waals surface area contributed by atoms with E-state index in [9.17, 15) is 4.79 Å². The fourth-order valence-electron chi connectivity index (χ4n) is 2.15. The summed E-state index contributed by atoms with van der Waals surface area (Å²) in [5.74, 6) is 1.10. The molecule has 3 heteroatoms. The lowest BCUT2D eigenvalue weighted by Crippen LogP contribution is -2.32. The maximum atomic E-state index is 12.2. The molecule has 0 bridgehead atoms. The quantitative estimate of drug-likeness (QED) is 0.549. The van der Waals surface area contributed by atoms with Gasteiger partial charge in [0.15, 0.2) is 5.78 Å². The fourth-order valence-corrected chi connectivity index (χ4v) is 2.51. The third-order valence-electron chi connectivity index (χ3n) is 3.29. The summed E-state index contributed by atoms with van der Waals surface area (Å²) >= 11 is 2.26. The first kappa shape index (κ1) is 14.0. The van der Waals surface area contributed by atoms with Gasteiger partial charge in [-0.3, -0.25) is 9.69 Å². The minimum Gasteiger partial charge on any atom is -0.296 e. The highest BCUT2D eigenvalue weighted by Gasteiger charge is 2.25. The number of ketones is 1. The Bertz CT molecular complexity index is 397. The molecule has 0 saturated heterocycles. The molecule has 1 aliphatic carbocycles. The predicted octanol–water partition coefficient (Wildman–Crippen LogP) is 3.60. The zero-order valence-corrected chi connectivity index (χ0v) is 13.0. The summed E-state index contributed by atoms with van der Waals surface area (Å²) in [6.45, 7) is 4.89. The summed E-state index contributed by atoms with van der Waals surface area (Å²) in [6.07, 6.45) is 3.81. The Hall–Kier alpha value is -0.420. The second-order valence-electron chi connectivity index (χ2n) is 5.11. The van der Waals surface area contributed by atoms with Crippen LogP contribution in [0.3, 0.4) is 0 Å². The molecule has 2 rings (SSSR count). The minimum atomic E-state index is 0.250. The largest absolute Gasteiger partial charge is 0.296 e. The van der Waals surface area contributed by atoms with Crippen molar-refractivity contribution in [2.45, 2.75) is 26.2 Å². The van der Waals surface area contributed by atoms with E-state index in [2.05, 4.69) is 34.4 Å². The highest BCUT2D eigenvalue weighted by atomic mass is 127. The molecule has 2 nitrogen and oxygen atoms in total. The summed E-state index contributed by atoms with van der Waals surface area (Å²) in [5, 5.41) is 0. The Balaban J connectivity index is 1.92. The predicted molar refractivity (Wildman–Crippen MR) is 82.9 cm³/mol. The van der Waals surface area contributed by atoms with Crippen molar-refractivity contribution < 1.29 is 4.79 Å². The zero-order chi connectivity index (χ0) is 13.0. The van der Waals surface area contributed by atoms with Gasteiger partial charge in [0.2, 0.25) is 0 Å². The van der Waals surface area contributed by atoms with Crippen LogP contribution in [0.5, 0.6) is 0 Å². The number of nitrogens with zero attached hydrogens (tertiary/aromatic N) is 1. The smallest absolute Gasteiger partial charge is 0.176 e. The highest BCUT2D eigenvalue weighted by molar-refractivity contribution is 14.1. The number of hydrogen-bond donors (Lipinski definition) is 0. The summed E-state index contributed by atoms with van der Waals surface area (Å²) in [4.78, 5) is 14.5. The van der Waals surface area contributed by atoms with Crippen molar-refractivity contribution in [3.05, 3.63) is 33.4 Å². The second-order valence-corrected chi connectivity index (χ2v) is 6.35. The standard InChI is InChI=1S/C15H20INO/c1-2-9-17(10-12-3-4-12)11-15(18)13-5-7-14(16)8-6-13/h5-8,12H,2-4,9-11H2,1H3. The topological polar surface area (TPSA) is 20.3 Å². The van der Waals surface area contributed by atoms with Crippen molar-refractivity contribution in [1.29, 1.82) is 0 Å². The van der Waals surface area contributed by atoms with Crippen molar-refractivity contribution in [3.8, 4) is 0 Å². The van der Waals surface area contributed by atoms with Crippen LogP contribution in [0.15, 0.2) is 24.3 Å². The minimum absolute atomic E-state index is 0.250. The van der Waals surface area contributed by atoms with Gasteiger partial charge in [0.1, 0.15) is 0 Å². The first-order valence-electron chi connectivity index (χ1n) is 6.70. The van der Waals surface area contributed by atoms with Crippen LogP contribution in [0.1, 0.15) is 36.5 Å². The van der Waals surface area contributed by atoms with E-state index in [0.717, 1.165) is 31.0 Å². The lowest BCUT2D eigenvalue weighted by atomic mass is 10.1. The summed E-state index contributed by atoms with van der Waals surface area (Å²) in [5.41, 5.74) is 0.840. The van der Waals surface area contributed by atoms with Crippen LogP contribution < -0.4 is 0 Å².